The van der Waals surface area contributed by atoms with E-state index in [2.05, 4.69) is 0 Å². The Bertz CT molecular complexity index is 853. The Morgan fingerprint density at radius 2 is 2.04 bits per heavy atom. The van der Waals surface area contributed by atoms with Crippen LogP contribution in [0.25, 0.3) is 5.57 Å². The first-order valence-corrected chi connectivity index (χ1v) is 9.63. The van der Waals surface area contributed by atoms with Gasteiger partial charge >= 0.3 is 5.97 Å². The fourth-order valence-electron chi connectivity index (χ4n) is 3.41. The highest BCUT2D eigenvalue weighted by Crippen LogP contribution is 2.44. The van der Waals surface area contributed by atoms with Crippen LogP contribution in [-0.4, -0.2) is 32.6 Å². The third-order valence-corrected chi connectivity index (χ3v) is 5.67. The molecule has 142 valence electrons. The van der Waals surface area contributed by atoms with Gasteiger partial charge in [0.2, 0.25) is 0 Å². The van der Waals surface area contributed by atoms with Gasteiger partial charge in [-0.05, 0) is 54.6 Å². The van der Waals surface area contributed by atoms with Crippen LogP contribution >= 0.6 is 11.3 Å². The van der Waals surface area contributed by atoms with Crippen molar-refractivity contribution in [2.24, 2.45) is 5.92 Å². The van der Waals surface area contributed by atoms with Gasteiger partial charge in [-0.25, -0.2) is 0 Å². The van der Waals surface area contributed by atoms with E-state index in [0.29, 0.717) is 17.9 Å². The Morgan fingerprint density at radius 1 is 1.22 bits per heavy atom. The van der Waals surface area contributed by atoms with E-state index in [9.17, 15) is 9.59 Å². The number of benzene rings is 1. The minimum Gasteiger partial charge on any atom is -0.497 e. The highest BCUT2D eigenvalue weighted by atomic mass is 32.1. The number of hydrogen-bond acceptors (Lipinski definition) is 6. The van der Waals surface area contributed by atoms with Crippen LogP contribution in [0.5, 0.6) is 11.5 Å². The van der Waals surface area contributed by atoms with Gasteiger partial charge in [0.1, 0.15) is 17.4 Å². The van der Waals surface area contributed by atoms with Crippen LogP contribution in [0, 0.1) is 5.92 Å². The molecule has 0 amide bonds. The minimum atomic E-state index is -0.816. The molecule has 27 heavy (non-hydrogen) atoms. The van der Waals surface area contributed by atoms with Crippen LogP contribution in [-0.2, 0) is 14.3 Å². The van der Waals surface area contributed by atoms with Gasteiger partial charge in [-0.1, -0.05) is 6.07 Å². The van der Waals surface area contributed by atoms with Crippen LogP contribution in [0.4, 0.5) is 0 Å². The summed E-state index contributed by atoms with van der Waals surface area (Å²) in [6.07, 6.45) is 2.09. The Balaban J connectivity index is 2.05. The zero-order chi connectivity index (χ0) is 19.4. The van der Waals surface area contributed by atoms with Crippen molar-refractivity contribution in [2.45, 2.75) is 19.3 Å². The predicted octanol–water partition coefficient (Wildman–Crippen LogP) is 4.08. The summed E-state index contributed by atoms with van der Waals surface area (Å²) >= 11 is 1.54. The van der Waals surface area contributed by atoms with Crippen molar-refractivity contribution in [1.82, 2.24) is 0 Å². The topological polar surface area (TPSA) is 61.8 Å². The maximum Gasteiger partial charge on any atom is 0.317 e. The summed E-state index contributed by atoms with van der Waals surface area (Å²) in [7, 11) is 3.19. The second kappa shape index (κ2) is 8.39. The molecule has 1 aromatic carbocycles. The molecule has 2 atom stereocenters. The molecule has 1 aromatic heterocycles. The molecule has 0 fully saturated rings. The van der Waals surface area contributed by atoms with Gasteiger partial charge in [-0.3, -0.25) is 9.59 Å². The molecule has 2 aromatic rings. The lowest BCUT2D eigenvalue weighted by atomic mass is 9.76. The van der Waals surface area contributed by atoms with Gasteiger partial charge in [0.15, 0.2) is 5.78 Å². The zero-order valence-corrected chi connectivity index (χ0v) is 16.4. The molecule has 1 heterocycles. The van der Waals surface area contributed by atoms with E-state index in [1.54, 1.807) is 38.6 Å². The number of rotatable bonds is 6. The maximum absolute atomic E-state index is 12.9. The van der Waals surface area contributed by atoms with Gasteiger partial charge in [0.25, 0.3) is 0 Å². The van der Waals surface area contributed by atoms with Crippen molar-refractivity contribution < 1.29 is 23.8 Å². The number of esters is 1. The average Bonchev–Trinajstić information content (AvgIpc) is 3.21. The predicted molar refractivity (Wildman–Crippen MR) is 104 cm³/mol. The molecule has 1 aliphatic rings. The summed E-state index contributed by atoms with van der Waals surface area (Å²) in [4.78, 5) is 26.4. The van der Waals surface area contributed by atoms with Crippen molar-refractivity contribution in [1.29, 1.82) is 0 Å². The number of ether oxygens (including phenoxy) is 3. The van der Waals surface area contributed by atoms with Crippen molar-refractivity contribution in [3.8, 4) is 11.5 Å². The number of carbonyl (C=O) groups excluding carboxylic acids is 2. The second-order valence-corrected chi connectivity index (χ2v) is 7.17. The number of ketones is 1. The summed E-state index contributed by atoms with van der Waals surface area (Å²) in [6, 6.07) is 9.37. The van der Waals surface area contributed by atoms with E-state index in [4.69, 9.17) is 14.2 Å². The minimum absolute atomic E-state index is 0.238. The largest absolute Gasteiger partial charge is 0.497 e. The zero-order valence-electron chi connectivity index (χ0n) is 15.6. The number of thiophene rings is 1. The molecular weight excluding hydrogens is 364 g/mol. The molecule has 5 nitrogen and oxygen atoms in total. The standard InChI is InChI=1S/C21H22O5S/c1-4-26-21(23)20-16(19-6-5-9-27-19)10-13(11-17(20)22)15-12-14(24-2)7-8-18(15)25-3/h5-9,11-12,16,20H,4,10H2,1-3H3/t16-,20-/m1/s1. The van der Waals surface area contributed by atoms with Crippen molar-refractivity contribution in [2.75, 3.05) is 20.8 Å². The van der Waals surface area contributed by atoms with Gasteiger partial charge in [0, 0.05) is 16.4 Å². The normalized spacial score (nSPS) is 19.4. The van der Waals surface area contributed by atoms with E-state index >= 15 is 0 Å². The number of carbonyl (C=O) groups is 2. The van der Waals surface area contributed by atoms with E-state index in [1.165, 1.54) is 0 Å². The fourth-order valence-corrected chi connectivity index (χ4v) is 4.27. The molecule has 0 saturated heterocycles. The average molecular weight is 386 g/mol. The lowest BCUT2D eigenvalue weighted by Gasteiger charge is -2.29. The summed E-state index contributed by atoms with van der Waals surface area (Å²) in [5.41, 5.74) is 1.63. The van der Waals surface area contributed by atoms with Crippen LogP contribution in [0.15, 0.2) is 41.8 Å². The molecule has 0 N–H and O–H groups in total. The molecule has 0 aliphatic heterocycles. The quantitative estimate of drug-likeness (QED) is 0.553. The maximum atomic E-state index is 12.9. The molecule has 0 spiro atoms. The van der Waals surface area contributed by atoms with Gasteiger partial charge in [0.05, 0.1) is 20.8 Å². The molecular formula is C21H22O5S. The van der Waals surface area contributed by atoms with Gasteiger partial charge < -0.3 is 14.2 Å². The van der Waals surface area contributed by atoms with E-state index in [0.717, 1.165) is 16.0 Å². The van der Waals surface area contributed by atoms with E-state index in [-0.39, 0.29) is 18.3 Å². The molecule has 6 heteroatoms. The summed E-state index contributed by atoms with van der Waals surface area (Å²) < 4.78 is 16.0. The summed E-state index contributed by atoms with van der Waals surface area (Å²) in [5, 5.41) is 1.95. The van der Waals surface area contributed by atoms with Gasteiger partial charge in [-0.2, -0.15) is 0 Å². The van der Waals surface area contributed by atoms with Crippen molar-refractivity contribution in [3.63, 3.8) is 0 Å². The monoisotopic (exact) mass is 386 g/mol. The Kier molecular flexibility index (Phi) is 5.96. The van der Waals surface area contributed by atoms with Crippen LogP contribution in [0.1, 0.15) is 29.7 Å². The highest BCUT2D eigenvalue weighted by Gasteiger charge is 2.40. The van der Waals surface area contributed by atoms with Crippen molar-refractivity contribution in [3.05, 3.63) is 52.2 Å². The molecule has 0 saturated carbocycles. The van der Waals surface area contributed by atoms with Crippen LogP contribution in [0.3, 0.4) is 0 Å². The number of methoxy groups -OCH3 is 2. The number of allylic oxidation sites excluding steroid dienone is 2. The lowest BCUT2D eigenvalue weighted by molar-refractivity contribution is -0.151. The van der Waals surface area contributed by atoms with Crippen LogP contribution in [0.2, 0.25) is 0 Å². The Morgan fingerprint density at radius 3 is 2.67 bits per heavy atom. The van der Waals surface area contributed by atoms with Crippen molar-refractivity contribution >= 4 is 28.7 Å². The van der Waals surface area contributed by atoms with Crippen LogP contribution < -0.4 is 9.47 Å². The molecule has 0 unspecified atom stereocenters. The molecule has 3 rings (SSSR count). The first-order chi connectivity index (χ1) is 13.1. The Labute approximate surface area is 162 Å². The summed E-state index contributed by atoms with van der Waals surface area (Å²) in [5.74, 6) is -0.433. The highest BCUT2D eigenvalue weighted by molar-refractivity contribution is 7.10. The fraction of sp³-hybridized carbons (Fsp3) is 0.333. The van der Waals surface area contributed by atoms with Gasteiger partial charge in [-0.15, -0.1) is 11.3 Å². The molecule has 1 aliphatic carbocycles. The third-order valence-electron chi connectivity index (χ3n) is 4.67. The van der Waals surface area contributed by atoms with E-state index in [1.807, 2.05) is 35.7 Å². The molecule has 0 bridgehead atoms. The van der Waals surface area contributed by atoms with E-state index < -0.39 is 11.9 Å². The smallest absolute Gasteiger partial charge is 0.317 e. The SMILES string of the molecule is CCOC(=O)[C@H]1C(=O)C=C(c2cc(OC)ccc2OC)C[C@@H]1c1cccs1. The third kappa shape index (κ3) is 3.90. The first-order valence-electron chi connectivity index (χ1n) is 8.75. The molecule has 0 radical (unpaired) electrons. The first kappa shape index (κ1) is 19.2. The summed E-state index contributed by atoms with van der Waals surface area (Å²) in [6.45, 7) is 1.99. The number of hydrogen-bond donors (Lipinski definition) is 0. The lowest BCUT2D eigenvalue weighted by Crippen LogP contribution is -2.33. The second-order valence-electron chi connectivity index (χ2n) is 6.19. The Hall–Kier alpha value is -2.60.